The fourth-order valence-corrected chi connectivity index (χ4v) is 1.80. The van der Waals surface area contributed by atoms with Gasteiger partial charge in [0.05, 0.1) is 22.3 Å². The van der Waals surface area contributed by atoms with Gasteiger partial charge in [0, 0.05) is 6.07 Å². The maximum atomic E-state index is 8.77. The summed E-state index contributed by atoms with van der Waals surface area (Å²) in [5.74, 6) is 3.48. The third-order valence-electron chi connectivity index (χ3n) is 1.66. The highest BCUT2D eigenvalue weighted by molar-refractivity contribution is 14.1. The largest absolute Gasteiger partial charge is 0.493 e. The maximum Gasteiger partial charge on any atom is 0.176 e. The Balaban J connectivity index is 3.15. The zero-order valence-corrected chi connectivity index (χ0v) is 10.2. The maximum absolute atomic E-state index is 8.77. The van der Waals surface area contributed by atoms with Gasteiger partial charge in [-0.05, 0) is 28.7 Å². The number of hydrogen-bond donors (Lipinski definition) is 0. The van der Waals surface area contributed by atoms with Gasteiger partial charge in [-0.2, -0.15) is 5.26 Å². The number of hydrogen-bond acceptors (Lipinski definition) is 3. The smallest absolute Gasteiger partial charge is 0.176 e. The molecule has 0 N–H and O–H groups in total. The first-order chi connectivity index (χ1) is 7.22. The van der Waals surface area contributed by atoms with Crippen molar-refractivity contribution in [3.05, 3.63) is 21.3 Å². The normalized spacial score (nSPS) is 8.80. The number of nitrogens with zero attached hydrogens (tertiary/aromatic N) is 1. The van der Waals surface area contributed by atoms with Gasteiger partial charge < -0.3 is 9.47 Å². The first-order valence-electron chi connectivity index (χ1n) is 4.06. The average Bonchev–Trinajstić information content (AvgIpc) is 2.26. The van der Waals surface area contributed by atoms with Gasteiger partial charge in [0.15, 0.2) is 11.5 Å². The first-order valence-corrected chi connectivity index (χ1v) is 5.14. The molecule has 1 rings (SSSR count). The summed E-state index contributed by atoms with van der Waals surface area (Å²) in [6, 6.07) is 5.38. The first kappa shape index (κ1) is 11.7. The second kappa shape index (κ2) is 5.47. The van der Waals surface area contributed by atoms with Crippen molar-refractivity contribution in [3.8, 4) is 29.9 Å². The van der Waals surface area contributed by atoms with Gasteiger partial charge in [-0.15, -0.1) is 6.42 Å². The van der Waals surface area contributed by atoms with E-state index in [0.717, 1.165) is 3.57 Å². The zero-order valence-electron chi connectivity index (χ0n) is 8.08. The summed E-state index contributed by atoms with van der Waals surface area (Å²) in [5.41, 5.74) is 0.532. The van der Waals surface area contributed by atoms with Crippen molar-refractivity contribution in [2.75, 3.05) is 13.7 Å². The Labute approximate surface area is 102 Å². The van der Waals surface area contributed by atoms with E-state index in [1.165, 1.54) is 7.11 Å². The van der Waals surface area contributed by atoms with Gasteiger partial charge in [-0.25, -0.2) is 0 Å². The lowest BCUT2D eigenvalue weighted by atomic mass is 10.2. The van der Waals surface area contributed by atoms with Crippen LogP contribution in [0.4, 0.5) is 0 Å². The van der Waals surface area contributed by atoms with E-state index in [1.54, 1.807) is 12.1 Å². The highest BCUT2D eigenvalue weighted by atomic mass is 127. The fraction of sp³-hybridized carbons (Fsp3) is 0.182. The Hall–Kier alpha value is -1.40. The molecule has 0 amide bonds. The molecular weight excluding hydrogens is 305 g/mol. The molecular formula is C11H8INO2. The van der Waals surface area contributed by atoms with Crippen LogP contribution in [0.25, 0.3) is 0 Å². The van der Waals surface area contributed by atoms with Crippen LogP contribution in [-0.2, 0) is 0 Å². The molecule has 1 aromatic rings. The van der Waals surface area contributed by atoms with Crippen molar-refractivity contribution >= 4 is 22.6 Å². The Morgan fingerprint density at radius 1 is 1.53 bits per heavy atom. The summed E-state index contributed by atoms with van der Waals surface area (Å²) in [7, 11) is 1.52. The third-order valence-corrected chi connectivity index (χ3v) is 2.46. The minimum atomic E-state index is 0.179. The number of nitriles is 1. The molecule has 0 aliphatic heterocycles. The zero-order chi connectivity index (χ0) is 11.3. The second-order valence-corrected chi connectivity index (χ2v) is 3.76. The highest BCUT2D eigenvalue weighted by Crippen LogP contribution is 2.33. The summed E-state index contributed by atoms with van der Waals surface area (Å²) in [4.78, 5) is 0. The van der Waals surface area contributed by atoms with E-state index in [0.29, 0.717) is 17.1 Å². The number of rotatable bonds is 3. The molecule has 76 valence electrons. The predicted octanol–water partition coefficient (Wildman–Crippen LogP) is 2.18. The third kappa shape index (κ3) is 2.77. The fourth-order valence-electron chi connectivity index (χ4n) is 1.04. The topological polar surface area (TPSA) is 42.2 Å². The minimum Gasteiger partial charge on any atom is -0.493 e. The van der Waals surface area contributed by atoms with Crippen molar-refractivity contribution in [2.45, 2.75) is 0 Å². The molecule has 0 saturated carbocycles. The molecule has 0 saturated heterocycles. The van der Waals surface area contributed by atoms with E-state index in [2.05, 4.69) is 28.5 Å². The Kier molecular flexibility index (Phi) is 4.26. The highest BCUT2D eigenvalue weighted by Gasteiger charge is 2.10. The lowest BCUT2D eigenvalue weighted by Crippen LogP contribution is -1.99. The van der Waals surface area contributed by atoms with Crippen molar-refractivity contribution in [1.82, 2.24) is 0 Å². The van der Waals surface area contributed by atoms with E-state index in [9.17, 15) is 0 Å². The number of halogens is 1. The van der Waals surface area contributed by atoms with Gasteiger partial charge in [-0.3, -0.25) is 0 Å². The summed E-state index contributed by atoms with van der Waals surface area (Å²) in [6.07, 6.45) is 5.10. The monoisotopic (exact) mass is 313 g/mol. The van der Waals surface area contributed by atoms with Gasteiger partial charge in [0.25, 0.3) is 0 Å². The molecule has 0 atom stereocenters. The van der Waals surface area contributed by atoms with Crippen LogP contribution in [0.5, 0.6) is 11.5 Å². The molecule has 15 heavy (non-hydrogen) atoms. The number of methoxy groups -OCH3 is 1. The molecule has 0 aliphatic carbocycles. The van der Waals surface area contributed by atoms with E-state index in [4.69, 9.17) is 21.2 Å². The van der Waals surface area contributed by atoms with E-state index < -0.39 is 0 Å². The summed E-state index contributed by atoms with van der Waals surface area (Å²) in [5, 5.41) is 8.77. The standard InChI is InChI=1S/C11H8INO2/c1-3-4-15-11-9(12)5-8(7-13)6-10(11)14-2/h1,5-6H,4H2,2H3. The summed E-state index contributed by atoms with van der Waals surface area (Å²) >= 11 is 2.07. The van der Waals surface area contributed by atoms with Crippen LogP contribution in [0.15, 0.2) is 12.1 Å². The number of ether oxygens (including phenoxy) is 2. The van der Waals surface area contributed by atoms with E-state index >= 15 is 0 Å². The van der Waals surface area contributed by atoms with Crippen LogP contribution < -0.4 is 9.47 Å². The molecule has 4 heteroatoms. The molecule has 0 spiro atoms. The Bertz CT molecular complexity index is 443. The molecule has 0 radical (unpaired) electrons. The van der Waals surface area contributed by atoms with Crippen LogP contribution in [0.1, 0.15) is 5.56 Å². The SMILES string of the molecule is C#CCOc1c(I)cc(C#N)cc1OC. The predicted molar refractivity (Wildman–Crippen MR) is 64.8 cm³/mol. The Morgan fingerprint density at radius 3 is 2.80 bits per heavy atom. The van der Waals surface area contributed by atoms with Crippen molar-refractivity contribution < 1.29 is 9.47 Å². The summed E-state index contributed by atoms with van der Waals surface area (Å²) < 4.78 is 11.3. The van der Waals surface area contributed by atoms with Crippen LogP contribution in [-0.4, -0.2) is 13.7 Å². The van der Waals surface area contributed by atoms with Crippen molar-refractivity contribution in [1.29, 1.82) is 5.26 Å². The van der Waals surface area contributed by atoms with E-state index in [-0.39, 0.29) is 6.61 Å². The molecule has 0 aromatic heterocycles. The van der Waals surface area contributed by atoms with Crippen molar-refractivity contribution in [2.24, 2.45) is 0 Å². The molecule has 0 heterocycles. The van der Waals surface area contributed by atoms with E-state index in [1.807, 2.05) is 6.07 Å². The molecule has 0 unspecified atom stereocenters. The van der Waals surface area contributed by atoms with Crippen LogP contribution in [0, 0.1) is 27.2 Å². The molecule has 0 aliphatic rings. The number of terminal acetylenes is 1. The van der Waals surface area contributed by atoms with Crippen LogP contribution in [0.2, 0.25) is 0 Å². The lowest BCUT2D eigenvalue weighted by molar-refractivity contribution is 0.328. The average molecular weight is 313 g/mol. The molecule has 0 bridgehead atoms. The van der Waals surface area contributed by atoms with Gasteiger partial charge in [0.1, 0.15) is 6.61 Å². The van der Waals surface area contributed by atoms with Gasteiger partial charge >= 0.3 is 0 Å². The number of benzene rings is 1. The quantitative estimate of drug-likeness (QED) is 0.634. The van der Waals surface area contributed by atoms with Crippen LogP contribution >= 0.6 is 22.6 Å². The van der Waals surface area contributed by atoms with Gasteiger partial charge in [-0.1, -0.05) is 5.92 Å². The lowest BCUT2D eigenvalue weighted by Gasteiger charge is -2.10. The van der Waals surface area contributed by atoms with Gasteiger partial charge in [0.2, 0.25) is 0 Å². The minimum absolute atomic E-state index is 0.179. The Morgan fingerprint density at radius 2 is 2.27 bits per heavy atom. The van der Waals surface area contributed by atoms with Crippen LogP contribution in [0.3, 0.4) is 0 Å². The summed E-state index contributed by atoms with van der Waals surface area (Å²) in [6.45, 7) is 0.179. The second-order valence-electron chi connectivity index (χ2n) is 2.59. The molecule has 3 nitrogen and oxygen atoms in total. The molecule has 0 fully saturated rings. The van der Waals surface area contributed by atoms with Crippen molar-refractivity contribution in [3.63, 3.8) is 0 Å². The molecule has 1 aromatic carbocycles.